The topological polar surface area (TPSA) is 81.7 Å². The van der Waals surface area contributed by atoms with Gasteiger partial charge in [-0.3, -0.25) is 14.5 Å². The van der Waals surface area contributed by atoms with Crippen molar-refractivity contribution in [3.8, 4) is 0 Å². The summed E-state index contributed by atoms with van der Waals surface area (Å²) >= 11 is 0. The zero-order chi connectivity index (χ0) is 14.5. The molecule has 6 nitrogen and oxygen atoms in total. The fourth-order valence-corrected chi connectivity index (χ4v) is 2.12. The minimum absolute atomic E-state index is 0.0764. The summed E-state index contributed by atoms with van der Waals surface area (Å²) in [6.45, 7) is 1.30. The van der Waals surface area contributed by atoms with E-state index in [1.165, 1.54) is 18.2 Å². The van der Waals surface area contributed by atoms with Gasteiger partial charge in [0, 0.05) is 19.6 Å². The molecule has 1 aliphatic heterocycles. The highest BCUT2D eigenvalue weighted by molar-refractivity contribution is 5.92. The molecule has 1 heterocycles. The molecule has 1 amide bonds. The third-order valence-electron chi connectivity index (χ3n) is 3.13. The molecule has 1 aliphatic rings. The molecule has 0 radical (unpaired) electrons. The molecule has 20 heavy (non-hydrogen) atoms. The molecule has 1 fully saturated rings. The molecular formula is C13H16FN3O3. The third-order valence-corrected chi connectivity index (χ3v) is 3.13. The van der Waals surface area contributed by atoms with Gasteiger partial charge in [0.25, 0.3) is 0 Å². The Hall–Kier alpha value is -1.99. The lowest BCUT2D eigenvalue weighted by atomic mass is 10.2. The Kier molecular flexibility index (Phi) is 4.65. The number of carboxylic acids is 1. The van der Waals surface area contributed by atoms with Crippen molar-refractivity contribution in [1.82, 2.24) is 10.2 Å². The number of anilines is 1. The van der Waals surface area contributed by atoms with Crippen LogP contribution < -0.4 is 10.6 Å². The van der Waals surface area contributed by atoms with Crippen molar-refractivity contribution in [1.29, 1.82) is 0 Å². The molecule has 2 rings (SSSR count). The van der Waals surface area contributed by atoms with Gasteiger partial charge < -0.3 is 15.7 Å². The number of carboxylic acid groups (broad SMARTS) is 1. The lowest BCUT2D eigenvalue weighted by molar-refractivity contribution is -0.144. The van der Waals surface area contributed by atoms with E-state index in [4.69, 9.17) is 5.11 Å². The number of carbonyl (C=O) groups excluding carboxylic acids is 1. The van der Waals surface area contributed by atoms with Gasteiger partial charge in [0.15, 0.2) is 0 Å². The predicted octanol–water partition coefficient (Wildman–Crippen LogP) is 0.123. The lowest BCUT2D eigenvalue weighted by Gasteiger charge is -2.32. The maximum atomic E-state index is 13.4. The number of carbonyl (C=O) groups is 2. The quantitative estimate of drug-likeness (QED) is 0.730. The van der Waals surface area contributed by atoms with Crippen molar-refractivity contribution in [2.45, 2.75) is 6.04 Å². The second kappa shape index (κ2) is 6.44. The number of piperazine rings is 1. The summed E-state index contributed by atoms with van der Waals surface area (Å²) in [5.74, 6) is -1.92. The molecule has 0 spiro atoms. The summed E-state index contributed by atoms with van der Waals surface area (Å²) < 4.78 is 13.4. The third kappa shape index (κ3) is 3.52. The Labute approximate surface area is 115 Å². The van der Waals surface area contributed by atoms with Crippen molar-refractivity contribution >= 4 is 17.6 Å². The second-order valence-corrected chi connectivity index (χ2v) is 4.56. The average molecular weight is 281 g/mol. The van der Waals surface area contributed by atoms with Crippen LogP contribution in [-0.4, -0.2) is 54.1 Å². The highest BCUT2D eigenvalue weighted by atomic mass is 19.1. The van der Waals surface area contributed by atoms with Crippen LogP contribution in [-0.2, 0) is 9.59 Å². The average Bonchev–Trinajstić information content (AvgIpc) is 2.41. The Morgan fingerprint density at radius 3 is 2.90 bits per heavy atom. The van der Waals surface area contributed by atoms with Gasteiger partial charge in [-0.1, -0.05) is 12.1 Å². The Balaban J connectivity index is 1.96. The Bertz CT molecular complexity index is 509. The van der Waals surface area contributed by atoms with Gasteiger partial charge in [0.1, 0.15) is 11.9 Å². The van der Waals surface area contributed by atoms with E-state index in [1.54, 1.807) is 11.0 Å². The monoisotopic (exact) mass is 281 g/mol. The molecule has 1 unspecified atom stereocenters. The van der Waals surface area contributed by atoms with Crippen molar-refractivity contribution < 1.29 is 19.1 Å². The number of nitrogens with zero attached hydrogens (tertiary/aromatic N) is 1. The molecule has 1 saturated heterocycles. The maximum Gasteiger partial charge on any atom is 0.322 e. The number of rotatable bonds is 4. The van der Waals surface area contributed by atoms with Crippen molar-refractivity contribution in [3.05, 3.63) is 30.1 Å². The van der Waals surface area contributed by atoms with Gasteiger partial charge >= 0.3 is 5.97 Å². The van der Waals surface area contributed by atoms with E-state index in [9.17, 15) is 14.0 Å². The molecule has 1 aromatic carbocycles. The van der Waals surface area contributed by atoms with Gasteiger partial charge in [0.05, 0.1) is 12.2 Å². The minimum Gasteiger partial charge on any atom is -0.480 e. The Morgan fingerprint density at radius 1 is 1.45 bits per heavy atom. The lowest BCUT2D eigenvalue weighted by Crippen LogP contribution is -2.56. The molecule has 0 saturated carbocycles. The van der Waals surface area contributed by atoms with Crippen LogP contribution >= 0.6 is 0 Å². The van der Waals surface area contributed by atoms with Crippen LogP contribution in [0.4, 0.5) is 10.1 Å². The highest BCUT2D eigenvalue weighted by Crippen LogP contribution is 2.12. The number of amides is 1. The van der Waals surface area contributed by atoms with Gasteiger partial charge in [-0.15, -0.1) is 0 Å². The Morgan fingerprint density at radius 2 is 2.20 bits per heavy atom. The van der Waals surface area contributed by atoms with Crippen LogP contribution in [0, 0.1) is 5.82 Å². The van der Waals surface area contributed by atoms with Crippen LogP contribution in [0.15, 0.2) is 24.3 Å². The van der Waals surface area contributed by atoms with Crippen molar-refractivity contribution in [3.63, 3.8) is 0 Å². The van der Waals surface area contributed by atoms with Crippen molar-refractivity contribution in [2.24, 2.45) is 0 Å². The first-order valence-electron chi connectivity index (χ1n) is 6.30. The number of hydrogen-bond donors (Lipinski definition) is 3. The fraction of sp³-hybridized carbons (Fsp3) is 0.385. The first-order valence-corrected chi connectivity index (χ1v) is 6.30. The van der Waals surface area contributed by atoms with Crippen molar-refractivity contribution in [2.75, 3.05) is 31.5 Å². The molecule has 0 bridgehead atoms. The minimum atomic E-state index is -0.976. The van der Waals surface area contributed by atoms with Gasteiger partial charge in [-0.25, -0.2) is 4.39 Å². The number of aliphatic carboxylic acids is 1. The first-order chi connectivity index (χ1) is 9.58. The molecule has 7 heteroatoms. The maximum absolute atomic E-state index is 13.4. The van der Waals surface area contributed by atoms with Crippen LogP contribution in [0.25, 0.3) is 0 Å². The van der Waals surface area contributed by atoms with E-state index < -0.39 is 23.7 Å². The zero-order valence-corrected chi connectivity index (χ0v) is 10.8. The SMILES string of the molecule is O=C(CN1CCNCC1C(=O)O)Nc1ccccc1F. The van der Waals surface area contributed by atoms with Crippen LogP contribution in [0.5, 0.6) is 0 Å². The summed E-state index contributed by atoms with van der Waals surface area (Å²) in [6, 6.07) is 5.11. The summed E-state index contributed by atoms with van der Waals surface area (Å²) in [7, 11) is 0. The summed E-state index contributed by atoms with van der Waals surface area (Å²) in [4.78, 5) is 24.5. The predicted molar refractivity (Wildman–Crippen MR) is 70.9 cm³/mol. The number of benzene rings is 1. The molecule has 108 valence electrons. The summed E-state index contributed by atoms with van der Waals surface area (Å²) in [5, 5.41) is 14.5. The molecule has 1 aromatic rings. The van der Waals surface area contributed by atoms with Gasteiger partial charge in [-0.05, 0) is 12.1 Å². The summed E-state index contributed by atoms with van der Waals surface area (Å²) in [6.07, 6.45) is 0. The number of halogens is 1. The smallest absolute Gasteiger partial charge is 0.322 e. The van der Waals surface area contributed by atoms with E-state index in [-0.39, 0.29) is 12.2 Å². The number of para-hydroxylation sites is 1. The van der Waals surface area contributed by atoms with E-state index >= 15 is 0 Å². The largest absolute Gasteiger partial charge is 0.480 e. The van der Waals surface area contributed by atoms with Gasteiger partial charge in [0.2, 0.25) is 5.91 Å². The zero-order valence-electron chi connectivity index (χ0n) is 10.8. The second-order valence-electron chi connectivity index (χ2n) is 4.56. The van der Waals surface area contributed by atoms with E-state index in [2.05, 4.69) is 10.6 Å². The van der Waals surface area contributed by atoms with Gasteiger partial charge in [-0.2, -0.15) is 0 Å². The normalized spacial score (nSPS) is 19.6. The molecule has 1 atom stereocenters. The molecule has 0 aromatic heterocycles. The fourth-order valence-electron chi connectivity index (χ4n) is 2.12. The standard InChI is InChI=1S/C13H16FN3O3/c14-9-3-1-2-4-10(9)16-12(18)8-17-6-5-15-7-11(17)13(19)20/h1-4,11,15H,5-8H2,(H,16,18)(H,19,20). The first kappa shape index (κ1) is 14.4. The molecule has 0 aliphatic carbocycles. The van der Waals surface area contributed by atoms with E-state index in [0.717, 1.165) is 0 Å². The molecule has 3 N–H and O–H groups in total. The highest BCUT2D eigenvalue weighted by Gasteiger charge is 2.29. The number of nitrogens with one attached hydrogen (secondary N) is 2. The van der Waals surface area contributed by atoms with Crippen LogP contribution in [0.1, 0.15) is 0 Å². The van der Waals surface area contributed by atoms with Crippen LogP contribution in [0.3, 0.4) is 0 Å². The van der Waals surface area contributed by atoms with E-state index in [1.807, 2.05) is 0 Å². The summed E-state index contributed by atoms with van der Waals surface area (Å²) in [5.41, 5.74) is 0.0968. The van der Waals surface area contributed by atoms with Crippen LogP contribution in [0.2, 0.25) is 0 Å². The number of hydrogen-bond acceptors (Lipinski definition) is 4. The molecular weight excluding hydrogens is 265 g/mol. The van der Waals surface area contributed by atoms with E-state index in [0.29, 0.717) is 19.6 Å².